The smallest absolute Gasteiger partial charge is 0.447 e. The van der Waals surface area contributed by atoms with E-state index in [1.807, 2.05) is 0 Å². The molecule has 2 aromatic carbocycles. The second-order valence-corrected chi connectivity index (χ2v) is 8.47. The maximum atomic E-state index is 9.78. The van der Waals surface area contributed by atoms with Crippen molar-refractivity contribution >= 4 is 38.1 Å². The molecule has 0 saturated heterocycles. The molecule has 0 aliphatic carbocycles. The molecule has 2 heterocycles. The van der Waals surface area contributed by atoms with Gasteiger partial charge in [0.05, 0.1) is 0 Å². The van der Waals surface area contributed by atoms with Crippen molar-refractivity contribution in [2.24, 2.45) is 0 Å². The summed E-state index contributed by atoms with van der Waals surface area (Å²) in [6, 6.07) is 25.5. The number of rotatable bonds is 7. The van der Waals surface area contributed by atoms with Crippen LogP contribution in [0.25, 0.3) is 11.1 Å². The monoisotopic (exact) mass is 564 g/mol. The summed E-state index contributed by atoms with van der Waals surface area (Å²) in [5.74, 6) is 1.11. The molecule has 0 N–H and O–H groups in total. The molecule has 4 aromatic rings. The SMILES string of the molecule is ClCc1ccc(C[n+]2ccc(-c3cc[n+](Cc4ccc(CCl)cc4)cc3)cc2)cc1.[O-]B(F)F.[O-]B(F)F. The van der Waals surface area contributed by atoms with Crippen molar-refractivity contribution in [2.75, 3.05) is 0 Å². The molecule has 0 fully saturated rings. The van der Waals surface area contributed by atoms with Gasteiger partial charge >= 0.3 is 14.9 Å². The number of hydrogen-bond acceptors (Lipinski definition) is 2. The maximum Gasteiger partial charge on any atom is 0.447 e. The Morgan fingerprint density at radius 1 is 0.500 bits per heavy atom. The average Bonchev–Trinajstić information content (AvgIpc) is 2.90. The molecule has 198 valence electrons. The highest BCUT2D eigenvalue weighted by Crippen LogP contribution is 2.16. The van der Waals surface area contributed by atoms with E-state index in [1.165, 1.54) is 22.3 Å². The highest BCUT2D eigenvalue weighted by atomic mass is 35.5. The molecule has 0 aliphatic rings. The number of aromatic nitrogens is 2. The fraction of sp³-hybridized carbons (Fsp3) is 0.154. The largest absolute Gasteiger partial charge is 0.824 e. The van der Waals surface area contributed by atoms with Crippen molar-refractivity contribution in [2.45, 2.75) is 24.8 Å². The molecule has 0 unspecified atom stereocenters. The summed E-state index contributed by atoms with van der Waals surface area (Å²) < 4.78 is 43.5. The van der Waals surface area contributed by atoms with Gasteiger partial charge in [0.1, 0.15) is 0 Å². The van der Waals surface area contributed by atoms with Crippen LogP contribution < -0.4 is 19.2 Å². The Hall–Kier alpha value is -2.91. The Morgan fingerprint density at radius 2 is 0.737 bits per heavy atom. The first-order valence-corrected chi connectivity index (χ1v) is 12.4. The van der Waals surface area contributed by atoms with Gasteiger partial charge in [-0.05, 0) is 22.3 Å². The molecule has 4 nitrogen and oxygen atoms in total. The van der Waals surface area contributed by atoms with Crippen LogP contribution in [0.15, 0.2) is 97.6 Å². The van der Waals surface area contributed by atoms with Gasteiger partial charge in [0, 0.05) is 47.2 Å². The normalized spacial score (nSPS) is 10.0. The lowest BCUT2D eigenvalue weighted by Crippen LogP contribution is -2.33. The molecule has 12 heteroatoms. The zero-order valence-corrected chi connectivity index (χ0v) is 21.7. The second kappa shape index (κ2) is 16.8. The number of pyridine rings is 2. The molecule has 0 radical (unpaired) electrons. The highest BCUT2D eigenvalue weighted by Gasteiger charge is 2.08. The Bertz CT molecular complexity index is 1100. The summed E-state index contributed by atoms with van der Waals surface area (Å²) in [5.41, 5.74) is 7.25. The molecule has 0 aliphatic heterocycles. The van der Waals surface area contributed by atoms with Crippen LogP contribution in [-0.4, -0.2) is 14.9 Å². The van der Waals surface area contributed by atoms with E-state index in [0.717, 1.165) is 24.2 Å². The lowest BCUT2D eigenvalue weighted by atomic mass is 10.1. The Kier molecular flexibility index (Phi) is 13.9. The molecule has 0 bridgehead atoms. The third-order valence-corrected chi connectivity index (χ3v) is 5.82. The van der Waals surface area contributed by atoms with E-state index in [1.54, 1.807) is 0 Å². The standard InChI is InChI=1S/C26H24Cl2N2.2BF2O/c27-17-21-1-5-23(6-2-21)19-29-13-9-25(10-14-29)26-11-15-30(16-12-26)20-24-7-3-22(18-28)4-8-24;2*2-1(3)4/h1-16H,17-20H2;;/q+2;2*-1. The molecular formula is C26H24B2Cl2F4N2O2. The van der Waals surface area contributed by atoms with E-state index >= 15 is 0 Å². The van der Waals surface area contributed by atoms with Gasteiger partial charge < -0.3 is 27.3 Å². The lowest BCUT2D eigenvalue weighted by Gasteiger charge is -2.03. The fourth-order valence-corrected chi connectivity index (χ4v) is 3.76. The first-order valence-electron chi connectivity index (χ1n) is 11.3. The van der Waals surface area contributed by atoms with Gasteiger partial charge in [0.15, 0.2) is 37.9 Å². The topological polar surface area (TPSA) is 53.9 Å². The number of nitrogens with zero attached hydrogens (tertiary/aromatic N) is 2. The predicted octanol–water partition coefficient (Wildman–Crippen LogP) is 4.04. The van der Waals surface area contributed by atoms with Crippen LogP contribution in [0.3, 0.4) is 0 Å². The number of benzene rings is 2. The molecule has 4 rings (SSSR count). The third-order valence-electron chi connectivity index (χ3n) is 5.20. The minimum Gasteiger partial charge on any atom is -0.824 e. The number of hydrogen-bond donors (Lipinski definition) is 0. The van der Waals surface area contributed by atoms with Crippen LogP contribution in [0, 0.1) is 0 Å². The van der Waals surface area contributed by atoms with Gasteiger partial charge in [-0.3, -0.25) is 0 Å². The predicted molar refractivity (Wildman–Crippen MR) is 138 cm³/mol. The van der Waals surface area contributed by atoms with Gasteiger partial charge in [0.2, 0.25) is 0 Å². The summed E-state index contributed by atoms with van der Waals surface area (Å²) in [5, 5.41) is 16.4. The molecule has 0 spiro atoms. The van der Waals surface area contributed by atoms with Crippen LogP contribution >= 0.6 is 23.2 Å². The van der Waals surface area contributed by atoms with Crippen molar-refractivity contribution in [3.63, 3.8) is 0 Å². The Balaban J connectivity index is 0.000000559. The quantitative estimate of drug-likeness (QED) is 0.147. The van der Waals surface area contributed by atoms with E-state index < -0.39 is 14.9 Å². The first-order chi connectivity index (χ1) is 18.2. The van der Waals surface area contributed by atoms with Crippen molar-refractivity contribution in [1.82, 2.24) is 0 Å². The minimum atomic E-state index is -3.42. The van der Waals surface area contributed by atoms with Crippen LogP contribution in [0.2, 0.25) is 0 Å². The van der Waals surface area contributed by atoms with Crippen LogP contribution in [0.5, 0.6) is 0 Å². The molecule has 0 saturated carbocycles. The van der Waals surface area contributed by atoms with E-state index in [0.29, 0.717) is 11.8 Å². The first kappa shape index (κ1) is 31.3. The fourth-order valence-electron chi connectivity index (χ4n) is 3.40. The Labute approximate surface area is 230 Å². The molecular weight excluding hydrogens is 541 g/mol. The van der Waals surface area contributed by atoms with E-state index in [4.69, 9.17) is 33.2 Å². The molecule has 0 atom stereocenters. The van der Waals surface area contributed by atoms with Crippen molar-refractivity contribution in [1.29, 1.82) is 0 Å². The van der Waals surface area contributed by atoms with Crippen molar-refractivity contribution in [3.05, 3.63) is 120 Å². The van der Waals surface area contributed by atoms with Crippen LogP contribution in [0.1, 0.15) is 22.3 Å². The Morgan fingerprint density at radius 3 is 0.974 bits per heavy atom. The van der Waals surface area contributed by atoms with Crippen molar-refractivity contribution < 1.29 is 36.4 Å². The summed E-state index contributed by atoms with van der Waals surface area (Å²) in [6.07, 6.45) is 8.52. The zero-order chi connectivity index (χ0) is 27.9. The molecule has 2 aromatic heterocycles. The van der Waals surface area contributed by atoms with Gasteiger partial charge in [-0.1, -0.05) is 48.5 Å². The highest BCUT2D eigenvalue weighted by molar-refractivity contribution is 6.30. The number of alkyl halides is 2. The second-order valence-electron chi connectivity index (χ2n) is 7.94. The van der Waals surface area contributed by atoms with E-state index in [2.05, 4.69) is 107 Å². The zero-order valence-electron chi connectivity index (χ0n) is 20.2. The molecule has 0 amide bonds. The van der Waals surface area contributed by atoms with Gasteiger partial charge in [-0.2, -0.15) is 0 Å². The lowest BCUT2D eigenvalue weighted by molar-refractivity contribution is -0.688. The van der Waals surface area contributed by atoms with Gasteiger partial charge in [-0.25, -0.2) is 9.13 Å². The summed E-state index contributed by atoms with van der Waals surface area (Å²) >= 11 is 11.7. The average molecular weight is 565 g/mol. The maximum absolute atomic E-state index is 9.78. The molecule has 38 heavy (non-hydrogen) atoms. The minimum absolute atomic E-state index is 0.555. The van der Waals surface area contributed by atoms with Crippen molar-refractivity contribution in [3.8, 4) is 11.1 Å². The summed E-state index contributed by atoms with van der Waals surface area (Å²) in [6.45, 7) is 1.69. The van der Waals surface area contributed by atoms with Gasteiger partial charge in [0.25, 0.3) is 0 Å². The van der Waals surface area contributed by atoms with Gasteiger partial charge in [-0.15, -0.1) is 23.2 Å². The third kappa shape index (κ3) is 12.1. The van der Waals surface area contributed by atoms with E-state index in [9.17, 15) is 17.3 Å². The number of halogens is 6. The van der Waals surface area contributed by atoms with E-state index in [-0.39, 0.29) is 0 Å². The summed E-state index contributed by atoms with van der Waals surface area (Å²) in [7, 11) is -6.83. The summed E-state index contributed by atoms with van der Waals surface area (Å²) in [4.78, 5) is 0. The van der Waals surface area contributed by atoms with Crippen LogP contribution in [0.4, 0.5) is 17.3 Å². The van der Waals surface area contributed by atoms with Crippen LogP contribution in [-0.2, 0) is 24.8 Å².